The number of rotatable bonds is 5. The molecule has 0 fully saturated rings. The number of carbonyl (C=O) groups excluding carboxylic acids is 1. The number of imidazole rings is 1. The number of halogens is 3. The number of benzene rings is 1. The topological polar surface area (TPSA) is 59.8 Å². The largest absolute Gasteiger partial charge is 0.416 e. The van der Waals surface area contributed by atoms with E-state index >= 15 is 0 Å². The second-order valence-electron chi connectivity index (χ2n) is 6.04. The molecule has 0 bridgehead atoms. The highest BCUT2D eigenvalue weighted by molar-refractivity contribution is 5.95. The van der Waals surface area contributed by atoms with Crippen molar-refractivity contribution in [3.8, 4) is 11.1 Å². The maximum absolute atomic E-state index is 12.7. The molecule has 1 amide bonds. The Balaban J connectivity index is 1.67. The smallest absolute Gasteiger partial charge is 0.352 e. The van der Waals surface area contributed by atoms with Crippen LogP contribution in [0.2, 0.25) is 0 Å². The van der Waals surface area contributed by atoms with Crippen molar-refractivity contribution in [3.63, 3.8) is 0 Å². The molecule has 5 nitrogen and oxygen atoms in total. The third-order valence-corrected chi connectivity index (χ3v) is 4.13. The van der Waals surface area contributed by atoms with Gasteiger partial charge < -0.3 is 9.88 Å². The first-order valence-electron chi connectivity index (χ1n) is 8.20. The van der Waals surface area contributed by atoms with E-state index < -0.39 is 11.7 Å². The van der Waals surface area contributed by atoms with E-state index in [0.717, 1.165) is 17.8 Å². The molecule has 1 aromatic carbocycles. The van der Waals surface area contributed by atoms with Crippen LogP contribution in [0.4, 0.5) is 13.2 Å². The summed E-state index contributed by atoms with van der Waals surface area (Å²) in [4.78, 5) is 20.3. The molecule has 0 saturated carbocycles. The van der Waals surface area contributed by atoms with Crippen LogP contribution in [-0.2, 0) is 19.6 Å². The van der Waals surface area contributed by atoms with Gasteiger partial charge in [0.1, 0.15) is 0 Å². The molecular weight excluding hydrogens is 357 g/mol. The van der Waals surface area contributed by atoms with E-state index in [0.29, 0.717) is 29.7 Å². The fourth-order valence-electron chi connectivity index (χ4n) is 2.61. The lowest BCUT2D eigenvalue weighted by atomic mass is 10.0. The number of hydrogen-bond donors (Lipinski definition) is 1. The lowest BCUT2D eigenvalue weighted by Gasteiger charge is -2.09. The van der Waals surface area contributed by atoms with E-state index in [4.69, 9.17) is 0 Å². The van der Waals surface area contributed by atoms with E-state index in [2.05, 4.69) is 15.3 Å². The third kappa shape index (κ3) is 4.52. The van der Waals surface area contributed by atoms with Gasteiger partial charge in [0.25, 0.3) is 5.91 Å². The van der Waals surface area contributed by atoms with E-state index in [1.807, 2.05) is 11.6 Å². The van der Waals surface area contributed by atoms with Crippen LogP contribution >= 0.6 is 0 Å². The quantitative estimate of drug-likeness (QED) is 0.744. The van der Waals surface area contributed by atoms with E-state index in [-0.39, 0.29) is 5.91 Å². The van der Waals surface area contributed by atoms with Gasteiger partial charge >= 0.3 is 6.18 Å². The lowest BCUT2D eigenvalue weighted by molar-refractivity contribution is -0.137. The first-order valence-corrected chi connectivity index (χ1v) is 8.20. The van der Waals surface area contributed by atoms with Crippen molar-refractivity contribution >= 4 is 5.91 Å². The lowest BCUT2D eigenvalue weighted by Crippen LogP contribution is -2.26. The van der Waals surface area contributed by atoms with Gasteiger partial charge in [0.05, 0.1) is 17.5 Å². The van der Waals surface area contributed by atoms with Crippen LogP contribution < -0.4 is 5.32 Å². The summed E-state index contributed by atoms with van der Waals surface area (Å²) in [5.41, 5.74) is 1.75. The number of carbonyl (C=O) groups is 1. The Hall–Kier alpha value is -3.16. The summed E-state index contributed by atoms with van der Waals surface area (Å²) in [5, 5.41) is 2.80. The first-order chi connectivity index (χ1) is 12.8. The Bertz CT molecular complexity index is 933. The summed E-state index contributed by atoms with van der Waals surface area (Å²) in [5.74, 6) is -0.293. The molecular formula is C19H17F3N4O. The minimum absolute atomic E-state index is 0.293. The van der Waals surface area contributed by atoms with Gasteiger partial charge in [0.2, 0.25) is 0 Å². The highest BCUT2D eigenvalue weighted by atomic mass is 19.4. The molecule has 0 aliphatic heterocycles. The van der Waals surface area contributed by atoms with Crippen LogP contribution in [-0.4, -0.2) is 27.0 Å². The molecule has 0 unspecified atom stereocenters. The number of aromatic nitrogens is 3. The minimum Gasteiger partial charge on any atom is -0.352 e. The molecule has 3 aromatic rings. The molecule has 3 rings (SSSR count). The molecule has 0 saturated heterocycles. The SMILES string of the molecule is Cn1cncc1CCNC(=O)c1cncc(-c2ccc(C(F)(F)F)cc2)c1. The number of hydrogen-bond acceptors (Lipinski definition) is 3. The Kier molecular flexibility index (Phi) is 5.25. The zero-order valence-corrected chi connectivity index (χ0v) is 14.5. The molecule has 8 heteroatoms. The molecule has 0 aliphatic carbocycles. The fraction of sp³-hybridized carbons (Fsp3) is 0.211. The van der Waals surface area contributed by atoms with Crippen molar-refractivity contribution in [1.29, 1.82) is 0 Å². The monoisotopic (exact) mass is 374 g/mol. The highest BCUT2D eigenvalue weighted by Gasteiger charge is 2.29. The van der Waals surface area contributed by atoms with Crippen LogP contribution in [0.25, 0.3) is 11.1 Å². The number of pyridine rings is 1. The highest BCUT2D eigenvalue weighted by Crippen LogP contribution is 2.30. The van der Waals surface area contributed by atoms with Crippen molar-refractivity contribution in [2.45, 2.75) is 12.6 Å². The van der Waals surface area contributed by atoms with E-state index in [1.54, 1.807) is 18.6 Å². The Morgan fingerprint density at radius 1 is 1.07 bits per heavy atom. The molecule has 0 atom stereocenters. The van der Waals surface area contributed by atoms with Crippen LogP contribution in [0.15, 0.2) is 55.2 Å². The summed E-state index contributed by atoms with van der Waals surface area (Å²) in [6, 6.07) is 6.36. The van der Waals surface area contributed by atoms with Gasteiger partial charge in [0, 0.05) is 49.9 Å². The zero-order valence-electron chi connectivity index (χ0n) is 14.5. The van der Waals surface area contributed by atoms with Gasteiger partial charge in [-0.3, -0.25) is 9.78 Å². The van der Waals surface area contributed by atoms with Gasteiger partial charge in [-0.05, 0) is 23.8 Å². The summed E-state index contributed by atoms with van der Waals surface area (Å²) in [7, 11) is 1.88. The van der Waals surface area contributed by atoms with Crippen LogP contribution in [0, 0.1) is 0 Å². The maximum Gasteiger partial charge on any atom is 0.416 e. The summed E-state index contributed by atoms with van der Waals surface area (Å²) in [6.07, 6.45) is 2.61. The number of nitrogens with zero attached hydrogens (tertiary/aromatic N) is 3. The zero-order chi connectivity index (χ0) is 19.4. The molecule has 0 aliphatic rings. The number of amides is 1. The van der Waals surface area contributed by atoms with Crippen molar-refractivity contribution in [2.75, 3.05) is 6.54 Å². The van der Waals surface area contributed by atoms with Gasteiger partial charge in [-0.2, -0.15) is 13.2 Å². The van der Waals surface area contributed by atoms with Gasteiger partial charge in [-0.15, -0.1) is 0 Å². The van der Waals surface area contributed by atoms with Crippen molar-refractivity contribution in [2.24, 2.45) is 7.05 Å². The van der Waals surface area contributed by atoms with E-state index in [1.165, 1.54) is 24.5 Å². The van der Waals surface area contributed by atoms with Crippen molar-refractivity contribution in [3.05, 3.63) is 72.1 Å². The molecule has 0 spiro atoms. The Morgan fingerprint density at radius 2 is 1.81 bits per heavy atom. The maximum atomic E-state index is 12.7. The average molecular weight is 374 g/mol. The third-order valence-electron chi connectivity index (χ3n) is 4.13. The van der Waals surface area contributed by atoms with Crippen molar-refractivity contribution < 1.29 is 18.0 Å². The predicted molar refractivity (Wildman–Crippen MR) is 93.9 cm³/mol. The number of alkyl halides is 3. The van der Waals surface area contributed by atoms with Crippen LogP contribution in [0.1, 0.15) is 21.6 Å². The fourth-order valence-corrected chi connectivity index (χ4v) is 2.61. The molecule has 2 aromatic heterocycles. The number of nitrogens with one attached hydrogen (secondary N) is 1. The second-order valence-corrected chi connectivity index (χ2v) is 6.04. The van der Waals surface area contributed by atoms with Crippen LogP contribution in [0.5, 0.6) is 0 Å². The summed E-state index contributed by atoms with van der Waals surface area (Å²) in [6.45, 7) is 0.433. The van der Waals surface area contributed by atoms with E-state index in [9.17, 15) is 18.0 Å². The Morgan fingerprint density at radius 3 is 2.44 bits per heavy atom. The van der Waals surface area contributed by atoms with Gasteiger partial charge in [-0.25, -0.2) is 4.98 Å². The second kappa shape index (κ2) is 7.61. The Labute approximate surface area is 153 Å². The standard InChI is InChI=1S/C19H17F3N4O/c1-26-12-24-11-17(26)6-7-25-18(27)15-8-14(9-23-10-15)13-2-4-16(5-3-13)19(20,21)22/h2-5,8-12H,6-7H2,1H3,(H,25,27). The predicted octanol–water partition coefficient (Wildman–Crippen LogP) is 3.47. The molecule has 27 heavy (non-hydrogen) atoms. The molecule has 1 N–H and O–H groups in total. The minimum atomic E-state index is -4.38. The molecule has 140 valence electrons. The molecule has 0 radical (unpaired) electrons. The normalized spacial score (nSPS) is 11.4. The van der Waals surface area contributed by atoms with Crippen molar-refractivity contribution in [1.82, 2.24) is 19.9 Å². The summed E-state index contributed by atoms with van der Waals surface area (Å²) >= 11 is 0. The summed E-state index contributed by atoms with van der Waals surface area (Å²) < 4.78 is 39.9. The van der Waals surface area contributed by atoms with Gasteiger partial charge in [0.15, 0.2) is 0 Å². The average Bonchev–Trinajstić information content (AvgIpc) is 3.06. The van der Waals surface area contributed by atoms with Gasteiger partial charge in [-0.1, -0.05) is 12.1 Å². The molecule has 2 heterocycles. The van der Waals surface area contributed by atoms with Crippen LogP contribution in [0.3, 0.4) is 0 Å². The number of aryl methyl sites for hydroxylation is 1. The first kappa shape index (κ1) is 18.6.